The van der Waals surface area contributed by atoms with Crippen molar-refractivity contribution in [1.82, 2.24) is 10.6 Å². The first-order valence-corrected chi connectivity index (χ1v) is 10.5. The minimum atomic E-state index is 0. The minimum Gasteiger partial charge on any atom is -0.381 e. The molecule has 4 nitrogen and oxygen atoms in total. The van der Waals surface area contributed by atoms with Crippen molar-refractivity contribution >= 4 is 53.5 Å². The number of halogens is 1. The van der Waals surface area contributed by atoms with E-state index in [1.807, 2.05) is 23.5 Å². The van der Waals surface area contributed by atoms with E-state index in [9.17, 15) is 0 Å². The van der Waals surface area contributed by atoms with Crippen molar-refractivity contribution < 1.29 is 4.74 Å². The van der Waals surface area contributed by atoms with Crippen LogP contribution in [0, 0.1) is 0 Å². The number of rotatable bonds is 9. The number of hydrogen-bond acceptors (Lipinski definition) is 4. The predicted molar refractivity (Wildman–Crippen MR) is 113 cm³/mol. The highest BCUT2D eigenvalue weighted by atomic mass is 127. The largest absolute Gasteiger partial charge is 0.381 e. The molecule has 0 bridgehead atoms. The number of guanidine groups is 1. The number of aliphatic imine (C=N–C) groups is 1. The number of unbranched alkanes of at least 4 members (excludes halogenated alkanes) is 1. The second-order valence-electron chi connectivity index (χ2n) is 5.32. The highest BCUT2D eigenvalue weighted by Gasteiger charge is 2.31. The van der Waals surface area contributed by atoms with Gasteiger partial charge in [-0.15, -0.1) is 24.0 Å². The van der Waals surface area contributed by atoms with Crippen LogP contribution in [-0.4, -0.2) is 61.8 Å². The maximum atomic E-state index is 5.49. The van der Waals surface area contributed by atoms with Crippen molar-refractivity contribution in [1.29, 1.82) is 0 Å². The molecule has 2 N–H and O–H groups in total. The second-order valence-corrected chi connectivity index (χ2v) is 7.58. The van der Waals surface area contributed by atoms with Crippen LogP contribution < -0.4 is 10.6 Å². The predicted octanol–water partition coefficient (Wildman–Crippen LogP) is 3.21. The molecule has 0 spiro atoms. The van der Waals surface area contributed by atoms with E-state index in [1.54, 1.807) is 0 Å². The van der Waals surface area contributed by atoms with Gasteiger partial charge in [0.15, 0.2) is 5.96 Å². The van der Waals surface area contributed by atoms with Crippen molar-refractivity contribution in [2.45, 2.75) is 37.4 Å². The van der Waals surface area contributed by atoms with Gasteiger partial charge >= 0.3 is 0 Å². The molecule has 1 heterocycles. The molecule has 0 aliphatic carbocycles. The quantitative estimate of drug-likeness (QED) is 0.239. The lowest BCUT2D eigenvalue weighted by Crippen LogP contribution is -2.41. The molecule has 0 radical (unpaired) electrons. The van der Waals surface area contributed by atoms with E-state index in [-0.39, 0.29) is 28.7 Å². The third kappa shape index (κ3) is 9.08. The third-order valence-corrected chi connectivity index (χ3v) is 5.87. The summed E-state index contributed by atoms with van der Waals surface area (Å²) < 4.78 is 5.75. The number of hydrogen-bond donors (Lipinski definition) is 2. The van der Waals surface area contributed by atoms with E-state index in [1.165, 1.54) is 18.6 Å². The zero-order valence-corrected chi connectivity index (χ0v) is 18.1. The fraction of sp³-hybridized carbons (Fsp3) is 0.933. The molecule has 0 atom stereocenters. The topological polar surface area (TPSA) is 45.7 Å². The summed E-state index contributed by atoms with van der Waals surface area (Å²) in [6, 6.07) is 0. The molecule has 1 rings (SSSR count). The Balaban J connectivity index is 0.00000441. The van der Waals surface area contributed by atoms with Crippen LogP contribution in [0.2, 0.25) is 0 Å². The fourth-order valence-corrected chi connectivity index (χ4v) is 3.57. The van der Waals surface area contributed by atoms with Crippen molar-refractivity contribution in [3.8, 4) is 0 Å². The van der Waals surface area contributed by atoms with Gasteiger partial charge in [0.2, 0.25) is 0 Å². The number of nitrogens with one attached hydrogen (secondary N) is 2. The first-order chi connectivity index (χ1) is 10.3. The van der Waals surface area contributed by atoms with Crippen molar-refractivity contribution in [3.05, 3.63) is 0 Å². The molecule has 0 aromatic carbocycles. The van der Waals surface area contributed by atoms with Crippen molar-refractivity contribution in [3.63, 3.8) is 0 Å². The zero-order valence-electron chi connectivity index (χ0n) is 14.2. The van der Waals surface area contributed by atoms with Gasteiger partial charge in [-0.2, -0.15) is 23.5 Å². The van der Waals surface area contributed by atoms with Gasteiger partial charge in [0.25, 0.3) is 0 Å². The SMILES string of the molecule is CCNC(=NCC1(SC)CCOCC1)NCCCCSC.I. The Bertz CT molecular complexity index is 301. The van der Waals surface area contributed by atoms with E-state index < -0.39 is 0 Å². The molecule has 0 saturated carbocycles. The van der Waals surface area contributed by atoms with E-state index in [2.05, 4.69) is 30.1 Å². The summed E-state index contributed by atoms with van der Waals surface area (Å²) in [6.45, 7) is 6.64. The maximum absolute atomic E-state index is 5.49. The van der Waals surface area contributed by atoms with Crippen LogP contribution in [0.25, 0.3) is 0 Å². The molecule has 1 saturated heterocycles. The summed E-state index contributed by atoms with van der Waals surface area (Å²) in [7, 11) is 0. The molecular weight excluding hydrogens is 429 g/mol. The number of nitrogens with zero attached hydrogens (tertiary/aromatic N) is 1. The smallest absolute Gasteiger partial charge is 0.191 e. The summed E-state index contributed by atoms with van der Waals surface area (Å²) in [6.07, 6.45) is 9.03. The summed E-state index contributed by atoms with van der Waals surface area (Å²) in [5.41, 5.74) is 0. The summed E-state index contributed by atoms with van der Waals surface area (Å²) in [5, 5.41) is 6.80. The van der Waals surface area contributed by atoms with Crippen LogP contribution >= 0.6 is 47.5 Å². The van der Waals surface area contributed by atoms with Crippen molar-refractivity contribution in [2.24, 2.45) is 4.99 Å². The lowest BCUT2D eigenvalue weighted by atomic mass is 9.99. The number of thioether (sulfide) groups is 2. The number of ether oxygens (including phenoxy) is 1. The standard InChI is InChI=1S/C15H31N3OS2.HI/c1-4-16-14(17-9-5-6-12-20-2)18-13-15(21-3)7-10-19-11-8-15;/h4-13H2,1-3H3,(H2,16,17,18);1H. The molecule has 1 fully saturated rings. The van der Waals surface area contributed by atoms with Gasteiger partial charge in [0, 0.05) is 31.1 Å². The summed E-state index contributed by atoms with van der Waals surface area (Å²) in [5.74, 6) is 2.20. The van der Waals surface area contributed by atoms with Gasteiger partial charge in [-0.05, 0) is 50.9 Å². The Morgan fingerprint density at radius 1 is 1.18 bits per heavy atom. The Morgan fingerprint density at radius 3 is 2.50 bits per heavy atom. The van der Waals surface area contributed by atoms with Crippen LogP contribution in [0.1, 0.15) is 32.6 Å². The molecule has 7 heteroatoms. The highest BCUT2D eigenvalue weighted by Crippen LogP contribution is 2.33. The normalized spacial score (nSPS) is 17.7. The zero-order chi connectivity index (χ0) is 15.4. The van der Waals surface area contributed by atoms with Crippen LogP contribution in [-0.2, 0) is 4.74 Å². The van der Waals surface area contributed by atoms with Gasteiger partial charge in [-0.25, -0.2) is 0 Å². The molecule has 0 unspecified atom stereocenters. The van der Waals surface area contributed by atoms with Crippen LogP contribution in [0.5, 0.6) is 0 Å². The first-order valence-electron chi connectivity index (χ1n) is 7.90. The molecule has 22 heavy (non-hydrogen) atoms. The van der Waals surface area contributed by atoms with Crippen LogP contribution in [0.3, 0.4) is 0 Å². The van der Waals surface area contributed by atoms with Crippen LogP contribution in [0.15, 0.2) is 4.99 Å². The monoisotopic (exact) mass is 461 g/mol. The molecule has 0 amide bonds. The van der Waals surface area contributed by atoms with Gasteiger partial charge in [-0.1, -0.05) is 0 Å². The highest BCUT2D eigenvalue weighted by molar-refractivity contribution is 14.0. The van der Waals surface area contributed by atoms with E-state index in [0.717, 1.165) is 51.6 Å². The molecule has 1 aliphatic rings. The minimum absolute atomic E-state index is 0. The fourth-order valence-electron chi connectivity index (χ4n) is 2.31. The average molecular weight is 461 g/mol. The second kappa shape index (κ2) is 14.0. The van der Waals surface area contributed by atoms with E-state index in [0.29, 0.717) is 0 Å². The molecule has 132 valence electrons. The molecule has 0 aromatic heterocycles. The lowest BCUT2D eigenvalue weighted by molar-refractivity contribution is 0.0794. The van der Waals surface area contributed by atoms with Gasteiger partial charge < -0.3 is 15.4 Å². The van der Waals surface area contributed by atoms with Gasteiger partial charge in [-0.3, -0.25) is 4.99 Å². The molecule has 0 aromatic rings. The van der Waals surface area contributed by atoms with Crippen LogP contribution in [0.4, 0.5) is 0 Å². The Morgan fingerprint density at radius 2 is 1.91 bits per heavy atom. The third-order valence-electron chi connectivity index (χ3n) is 3.77. The summed E-state index contributed by atoms with van der Waals surface area (Å²) >= 11 is 3.86. The Hall–Kier alpha value is 0.660. The molecule has 1 aliphatic heterocycles. The summed E-state index contributed by atoms with van der Waals surface area (Å²) in [4.78, 5) is 4.81. The van der Waals surface area contributed by atoms with E-state index in [4.69, 9.17) is 9.73 Å². The molecular formula is C15H32IN3OS2. The van der Waals surface area contributed by atoms with Gasteiger partial charge in [0.1, 0.15) is 0 Å². The first kappa shape index (κ1) is 22.7. The Labute approximate surface area is 161 Å². The van der Waals surface area contributed by atoms with Gasteiger partial charge in [0.05, 0.1) is 6.54 Å². The maximum Gasteiger partial charge on any atom is 0.191 e. The average Bonchev–Trinajstić information content (AvgIpc) is 2.53. The lowest BCUT2D eigenvalue weighted by Gasteiger charge is -2.34. The Kier molecular flexibility index (Phi) is 14.5. The van der Waals surface area contributed by atoms with Crippen molar-refractivity contribution in [2.75, 3.05) is 51.1 Å². The van der Waals surface area contributed by atoms with E-state index >= 15 is 0 Å².